The summed E-state index contributed by atoms with van der Waals surface area (Å²) in [6.45, 7) is 4.09. The molecule has 2 aliphatic heterocycles. The molecule has 154 valence electrons. The maximum absolute atomic E-state index is 12.7. The molecule has 1 N–H and O–H groups in total. The Morgan fingerprint density at radius 1 is 1.14 bits per heavy atom. The van der Waals surface area contributed by atoms with Crippen molar-refractivity contribution in [3.63, 3.8) is 0 Å². The van der Waals surface area contributed by atoms with Gasteiger partial charge in [-0.25, -0.2) is 0 Å². The van der Waals surface area contributed by atoms with Crippen molar-refractivity contribution in [3.05, 3.63) is 48.0 Å². The Kier molecular flexibility index (Phi) is 5.90. The summed E-state index contributed by atoms with van der Waals surface area (Å²) in [6, 6.07) is 13.7. The van der Waals surface area contributed by atoms with Gasteiger partial charge >= 0.3 is 0 Å². The summed E-state index contributed by atoms with van der Waals surface area (Å²) in [5, 5.41) is 3.00. The molecule has 2 aromatic rings. The number of carbonyl (C=O) groups excluding carboxylic acids is 1. The summed E-state index contributed by atoms with van der Waals surface area (Å²) < 4.78 is 15.9. The quantitative estimate of drug-likeness (QED) is 0.807. The number of piperidine rings is 1. The lowest BCUT2D eigenvalue weighted by Gasteiger charge is -2.35. The smallest absolute Gasteiger partial charge is 0.241 e. The van der Waals surface area contributed by atoms with Crippen molar-refractivity contribution in [1.82, 2.24) is 4.90 Å². The minimum absolute atomic E-state index is 0.0115. The van der Waals surface area contributed by atoms with Crippen molar-refractivity contribution in [2.24, 2.45) is 5.92 Å². The Balaban J connectivity index is 1.26. The van der Waals surface area contributed by atoms with Gasteiger partial charge in [-0.15, -0.1) is 0 Å². The second-order valence-electron chi connectivity index (χ2n) is 7.76. The molecule has 2 heterocycles. The fourth-order valence-electron chi connectivity index (χ4n) is 4.03. The predicted octanol–water partition coefficient (Wildman–Crippen LogP) is 3.71. The highest BCUT2D eigenvalue weighted by molar-refractivity contribution is 5.94. The molecule has 4 rings (SSSR count). The average Bonchev–Trinajstić information content (AvgIpc) is 3.22. The molecule has 1 amide bonds. The minimum atomic E-state index is -0.164. The highest BCUT2D eigenvalue weighted by atomic mass is 16.7. The van der Waals surface area contributed by atoms with E-state index < -0.39 is 0 Å². The van der Waals surface area contributed by atoms with E-state index in [4.69, 9.17) is 14.2 Å². The van der Waals surface area contributed by atoms with Crippen LogP contribution in [0.4, 0.5) is 5.69 Å². The second kappa shape index (κ2) is 8.74. The number of fused-ring (bicyclic) bond motifs is 1. The largest absolute Gasteiger partial charge is 0.497 e. The third-order valence-corrected chi connectivity index (χ3v) is 5.90. The van der Waals surface area contributed by atoms with Crippen LogP contribution in [0.5, 0.6) is 17.2 Å². The van der Waals surface area contributed by atoms with Crippen molar-refractivity contribution < 1.29 is 19.0 Å². The number of nitrogens with one attached hydrogen (secondary N) is 1. The number of amides is 1. The zero-order valence-electron chi connectivity index (χ0n) is 17.0. The fraction of sp³-hybridized carbons (Fsp3) is 0.435. The number of hydrogen-bond acceptors (Lipinski definition) is 5. The number of ether oxygens (including phenoxy) is 3. The summed E-state index contributed by atoms with van der Waals surface area (Å²) in [4.78, 5) is 15.0. The number of hydrogen-bond donors (Lipinski definition) is 1. The van der Waals surface area contributed by atoms with Gasteiger partial charge in [-0.3, -0.25) is 9.69 Å². The Hall–Kier alpha value is -2.73. The zero-order valence-corrected chi connectivity index (χ0v) is 17.0. The Morgan fingerprint density at radius 3 is 2.59 bits per heavy atom. The number of nitrogens with zero attached hydrogens (tertiary/aromatic N) is 1. The van der Waals surface area contributed by atoms with Crippen LogP contribution < -0.4 is 19.5 Å². The molecule has 29 heavy (non-hydrogen) atoms. The van der Waals surface area contributed by atoms with E-state index in [1.807, 2.05) is 37.3 Å². The topological polar surface area (TPSA) is 60.0 Å². The van der Waals surface area contributed by atoms with E-state index >= 15 is 0 Å². The average molecular weight is 396 g/mol. The Labute approximate surface area is 171 Å². The highest BCUT2D eigenvalue weighted by Crippen LogP contribution is 2.34. The number of methoxy groups -OCH3 is 1. The monoisotopic (exact) mass is 396 g/mol. The van der Waals surface area contributed by atoms with Crippen molar-refractivity contribution in [2.45, 2.75) is 32.2 Å². The lowest BCUT2D eigenvalue weighted by atomic mass is 9.89. The van der Waals surface area contributed by atoms with Gasteiger partial charge in [-0.2, -0.15) is 0 Å². The van der Waals surface area contributed by atoms with Crippen molar-refractivity contribution in [2.75, 3.05) is 32.3 Å². The molecule has 0 aliphatic carbocycles. The Morgan fingerprint density at radius 2 is 1.86 bits per heavy atom. The Bertz CT molecular complexity index is 844. The molecule has 0 aromatic heterocycles. The van der Waals surface area contributed by atoms with Crippen LogP contribution in [0.25, 0.3) is 0 Å². The molecule has 2 aromatic carbocycles. The SMILES string of the molecule is COc1ccc(CC2CCN(C(C)C(=O)Nc3ccc4c(c3)OCO4)CC2)cc1. The molecule has 2 aliphatic rings. The van der Waals surface area contributed by atoms with Crippen LogP contribution >= 0.6 is 0 Å². The number of carbonyl (C=O) groups is 1. The van der Waals surface area contributed by atoms with Crippen molar-refractivity contribution in [1.29, 1.82) is 0 Å². The maximum Gasteiger partial charge on any atom is 0.241 e. The van der Waals surface area contributed by atoms with Crippen LogP contribution in [0.1, 0.15) is 25.3 Å². The molecular weight excluding hydrogens is 368 g/mol. The normalized spacial score (nSPS) is 17.7. The van der Waals surface area contributed by atoms with Crippen LogP contribution in [-0.4, -0.2) is 43.8 Å². The maximum atomic E-state index is 12.7. The first-order valence-electron chi connectivity index (χ1n) is 10.2. The number of likely N-dealkylation sites (tertiary alicyclic amines) is 1. The van der Waals surface area contributed by atoms with Gasteiger partial charge in [-0.1, -0.05) is 12.1 Å². The zero-order chi connectivity index (χ0) is 20.2. The molecular formula is C23H28N2O4. The summed E-state index contributed by atoms with van der Waals surface area (Å²) >= 11 is 0. The molecule has 6 nitrogen and oxygen atoms in total. The van der Waals surface area contributed by atoms with Gasteiger partial charge in [0.15, 0.2) is 11.5 Å². The van der Waals surface area contributed by atoms with Crippen LogP contribution in [0, 0.1) is 5.92 Å². The molecule has 1 atom stereocenters. The third kappa shape index (κ3) is 4.65. The summed E-state index contributed by atoms with van der Waals surface area (Å²) in [5.74, 6) is 2.96. The number of rotatable bonds is 6. The highest BCUT2D eigenvalue weighted by Gasteiger charge is 2.27. The molecule has 0 bridgehead atoms. The van der Waals surface area contributed by atoms with Gasteiger partial charge in [-0.05, 0) is 75.0 Å². The molecule has 1 fully saturated rings. The molecule has 0 radical (unpaired) electrons. The van der Waals surface area contributed by atoms with Crippen molar-refractivity contribution in [3.8, 4) is 17.2 Å². The fourth-order valence-corrected chi connectivity index (χ4v) is 4.03. The summed E-state index contributed by atoms with van der Waals surface area (Å²) in [7, 11) is 1.69. The minimum Gasteiger partial charge on any atom is -0.497 e. The second-order valence-corrected chi connectivity index (χ2v) is 7.76. The first kappa shape index (κ1) is 19.6. The molecule has 6 heteroatoms. The van der Waals surface area contributed by atoms with E-state index in [0.29, 0.717) is 11.7 Å². The van der Waals surface area contributed by atoms with E-state index in [1.54, 1.807) is 7.11 Å². The van der Waals surface area contributed by atoms with Crippen LogP contribution in [0.2, 0.25) is 0 Å². The van der Waals surface area contributed by atoms with Gasteiger partial charge in [0.25, 0.3) is 0 Å². The standard InChI is InChI=1S/C23H28N2O4/c1-16(23(26)24-19-5-8-21-22(14-19)29-15-28-21)25-11-9-18(10-12-25)13-17-3-6-20(27-2)7-4-17/h3-8,14,16,18H,9-13,15H2,1-2H3,(H,24,26). The first-order chi connectivity index (χ1) is 14.1. The van der Waals surface area contributed by atoms with Gasteiger partial charge in [0.05, 0.1) is 13.2 Å². The summed E-state index contributed by atoms with van der Waals surface area (Å²) in [6.07, 6.45) is 3.29. The lowest BCUT2D eigenvalue weighted by molar-refractivity contribution is -0.121. The van der Waals surface area contributed by atoms with Gasteiger partial charge in [0.1, 0.15) is 5.75 Å². The number of anilines is 1. The first-order valence-corrected chi connectivity index (χ1v) is 10.2. The summed E-state index contributed by atoms with van der Waals surface area (Å²) in [5.41, 5.74) is 2.08. The van der Waals surface area contributed by atoms with E-state index in [1.165, 1.54) is 5.56 Å². The van der Waals surface area contributed by atoms with E-state index in [0.717, 1.165) is 49.5 Å². The van der Waals surface area contributed by atoms with Gasteiger partial charge in [0, 0.05) is 11.8 Å². The van der Waals surface area contributed by atoms with Gasteiger partial charge < -0.3 is 19.5 Å². The third-order valence-electron chi connectivity index (χ3n) is 5.90. The van der Waals surface area contributed by atoms with E-state index in [9.17, 15) is 4.79 Å². The molecule has 1 unspecified atom stereocenters. The van der Waals surface area contributed by atoms with E-state index in [2.05, 4.69) is 22.3 Å². The molecule has 1 saturated heterocycles. The van der Waals surface area contributed by atoms with Crippen LogP contribution in [0.3, 0.4) is 0 Å². The van der Waals surface area contributed by atoms with Crippen LogP contribution in [0.15, 0.2) is 42.5 Å². The van der Waals surface area contributed by atoms with E-state index in [-0.39, 0.29) is 18.7 Å². The molecule has 0 spiro atoms. The molecule has 0 saturated carbocycles. The lowest BCUT2D eigenvalue weighted by Crippen LogP contribution is -2.46. The van der Waals surface area contributed by atoms with Crippen molar-refractivity contribution >= 4 is 11.6 Å². The van der Waals surface area contributed by atoms with Gasteiger partial charge in [0.2, 0.25) is 12.7 Å². The predicted molar refractivity (Wildman–Crippen MR) is 112 cm³/mol. The number of benzene rings is 2. The van der Waals surface area contributed by atoms with Crippen LogP contribution in [-0.2, 0) is 11.2 Å².